The summed E-state index contributed by atoms with van der Waals surface area (Å²) in [5.74, 6) is 0.264. The van der Waals surface area contributed by atoms with Crippen LogP contribution in [0.25, 0.3) is 10.9 Å². The van der Waals surface area contributed by atoms with Crippen molar-refractivity contribution in [2.45, 2.75) is 57.5 Å². The Hall–Kier alpha value is -2.70. The van der Waals surface area contributed by atoms with Gasteiger partial charge in [-0.1, -0.05) is 31.4 Å². The van der Waals surface area contributed by atoms with Gasteiger partial charge in [-0.3, -0.25) is 19.0 Å². The summed E-state index contributed by atoms with van der Waals surface area (Å²) in [7, 11) is 0. The number of hydrogen-bond acceptors (Lipinski definition) is 4. The number of aromatic nitrogens is 2. The fourth-order valence-electron chi connectivity index (χ4n) is 4.42. The van der Waals surface area contributed by atoms with Gasteiger partial charge in [-0.25, -0.2) is 4.98 Å². The van der Waals surface area contributed by atoms with Crippen LogP contribution in [0.1, 0.15) is 44.9 Å². The van der Waals surface area contributed by atoms with Crippen LogP contribution in [0.3, 0.4) is 0 Å². The van der Waals surface area contributed by atoms with Crippen molar-refractivity contribution < 1.29 is 9.59 Å². The molecule has 1 saturated heterocycles. The maximum atomic E-state index is 12.7. The lowest BCUT2D eigenvalue weighted by Crippen LogP contribution is -2.49. The van der Waals surface area contributed by atoms with Crippen LogP contribution in [-0.2, 0) is 16.1 Å². The smallest absolute Gasteiger partial charge is 0.261 e. The van der Waals surface area contributed by atoms with Gasteiger partial charge in [-0.15, -0.1) is 0 Å². The molecule has 7 heteroatoms. The van der Waals surface area contributed by atoms with Crippen LogP contribution in [-0.4, -0.2) is 45.4 Å². The van der Waals surface area contributed by atoms with E-state index in [9.17, 15) is 14.4 Å². The zero-order valence-electron chi connectivity index (χ0n) is 16.7. The second-order valence-electron chi connectivity index (χ2n) is 8.19. The molecule has 1 aromatic carbocycles. The first-order valence-electron chi connectivity index (χ1n) is 10.6. The number of carbonyl (C=O) groups is 2. The summed E-state index contributed by atoms with van der Waals surface area (Å²) < 4.78 is 1.38. The highest BCUT2D eigenvalue weighted by molar-refractivity contribution is 5.80. The molecule has 1 saturated carbocycles. The maximum absolute atomic E-state index is 12.7. The van der Waals surface area contributed by atoms with Crippen molar-refractivity contribution >= 4 is 22.7 Å². The zero-order valence-corrected chi connectivity index (χ0v) is 16.7. The highest BCUT2D eigenvalue weighted by Crippen LogP contribution is 2.24. The Bertz CT molecular complexity index is 940. The molecular formula is C22H28N4O3. The summed E-state index contributed by atoms with van der Waals surface area (Å²) in [6, 6.07) is 7.28. The fraction of sp³-hybridized carbons (Fsp3) is 0.545. The molecule has 2 fully saturated rings. The number of nitrogens with one attached hydrogen (secondary N) is 1. The predicted molar refractivity (Wildman–Crippen MR) is 110 cm³/mol. The number of fused-ring (bicyclic) bond motifs is 1. The summed E-state index contributed by atoms with van der Waals surface area (Å²) in [6.07, 6.45) is 8.49. The maximum Gasteiger partial charge on any atom is 0.261 e. The van der Waals surface area contributed by atoms with Crippen LogP contribution in [0.4, 0.5) is 0 Å². The molecule has 29 heavy (non-hydrogen) atoms. The van der Waals surface area contributed by atoms with Gasteiger partial charge in [0.1, 0.15) is 6.54 Å². The van der Waals surface area contributed by atoms with Gasteiger partial charge >= 0.3 is 0 Å². The lowest BCUT2D eigenvalue weighted by atomic mass is 9.88. The van der Waals surface area contributed by atoms with Gasteiger partial charge in [0.05, 0.1) is 17.2 Å². The molecule has 1 N–H and O–H groups in total. The average molecular weight is 396 g/mol. The Morgan fingerprint density at radius 1 is 1.03 bits per heavy atom. The minimum atomic E-state index is -0.196. The molecule has 0 atom stereocenters. The van der Waals surface area contributed by atoms with Gasteiger partial charge in [0.15, 0.2) is 0 Å². The molecule has 1 aliphatic carbocycles. The fourth-order valence-corrected chi connectivity index (χ4v) is 4.42. The van der Waals surface area contributed by atoms with E-state index in [4.69, 9.17) is 0 Å². The number of carbonyl (C=O) groups excluding carboxylic acids is 2. The number of para-hydroxylation sites is 1. The first kappa shape index (κ1) is 19.6. The number of benzene rings is 1. The molecule has 1 aliphatic heterocycles. The van der Waals surface area contributed by atoms with Gasteiger partial charge in [0.25, 0.3) is 5.56 Å². The monoisotopic (exact) mass is 396 g/mol. The van der Waals surface area contributed by atoms with E-state index in [0.29, 0.717) is 24.0 Å². The minimum Gasteiger partial charge on any atom is -0.353 e. The average Bonchev–Trinajstić information content (AvgIpc) is 2.77. The highest BCUT2D eigenvalue weighted by Gasteiger charge is 2.27. The Labute approximate surface area is 170 Å². The van der Waals surface area contributed by atoms with Crippen molar-refractivity contribution in [3.8, 4) is 0 Å². The van der Waals surface area contributed by atoms with E-state index in [0.717, 1.165) is 38.5 Å². The Balaban J connectivity index is 1.31. The lowest BCUT2D eigenvalue weighted by molar-refractivity contribution is -0.133. The van der Waals surface area contributed by atoms with Crippen LogP contribution >= 0.6 is 0 Å². The predicted octanol–water partition coefficient (Wildman–Crippen LogP) is 2.08. The van der Waals surface area contributed by atoms with Gasteiger partial charge in [-0.2, -0.15) is 0 Å². The van der Waals surface area contributed by atoms with E-state index in [1.807, 2.05) is 6.07 Å². The van der Waals surface area contributed by atoms with Crippen LogP contribution in [0.2, 0.25) is 0 Å². The summed E-state index contributed by atoms with van der Waals surface area (Å²) in [4.78, 5) is 43.7. The first-order chi connectivity index (χ1) is 14.1. The van der Waals surface area contributed by atoms with Crippen molar-refractivity contribution in [2.24, 2.45) is 5.92 Å². The Morgan fingerprint density at radius 3 is 2.52 bits per heavy atom. The molecule has 1 aromatic heterocycles. The molecule has 0 unspecified atom stereocenters. The zero-order chi connectivity index (χ0) is 20.2. The van der Waals surface area contributed by atoms with Crippen LogP contribution in [0, 0.1) is 5.92 Å². The van der Waals surface area contributed by atoms with E-state index in [-0.39, 0.29) is 35.9 Å². The van der Waals surface area contributed by atoms with Crippen LogP contribution in [0.15, 0.2) is 35.4 Å². The molecule has 4 rings (SSSR count). The van der Waals surface area contributed by atoms with Gasteiger partial charge in [0, 0.05) is 25.0 Å². The molecule has 154 valence electrons. The van der Waals surface area contributed by atoms with Crippen molar-refractivity contribution in [3.05, 3.63) is 40.9 Å². The third kappa shape index (κ3) is 4.49. The molecule has 0 bridgehead atoms. The Morgan fingerprint density at radius 2 is 1.76 bits per heavy atom. The van der Waals surface area contributed by atoms with Gasteiger partial charge in [0.2, 0.25) is 11.8 Å². The van der Waals surface area contributed by atoms with Crippen LogP contribution in [0.5, 0.6) is 0 Å². The standard InChI is InChI=1S/C22H28N4O3/c27-20(14-26-15-23-19-9-5-4-8-18(19)22(26)29)25-12-10-17(11-13-25)24-21(28)16-6-2-1-3-7-16/h4-5,8-9,15-17H,1-3,6-7,10-14H2,(H,24,28). The molecule has 2 aliphatic rings. The minimum absolute atomic E-state index is 0.00420. The summed E-state index contributed by atoms with van der Waals surface area (Å²) in [5, 5.41) is 3.71. The second-order valence-corrected chi connectivity index (χ2v) is 8.19. The first-order valence-corrected chi connectivity index (χ1v) is 10.6. The van der Waals surface area contributed by atoms with Gasteiger partial charge in [-0.05, 0) is 37.8 Å². The number of rotatable bonds is 4. The largest absolute Gasteiger partial charge is 0.353 e. The van der Waals surface area contributed by atoms with E-state index < -0.39 is 0 Å². The third-order valence-corrected chi connectivity index (χ3v) is 6.21. The Kier molecular flexibility index (Phi) is 5.92. The molecule has 0 spiro atoms. The number of nitrogens with zero attached hydrogens (tertiary/aromatic N) is 3. The van der Waals surface area contributed by atoms with Gasteiger partial charge < -0.3 is 10.2 Å². The molecule has 2 aromatic rings. The second kappa shape index (κ2) is 8.76. The van der Waals surface area contributed by atoms with Crippen molar-refractivity contribution in [3.63, 3.8) is 0 Å². The van der Waals surface area contributed by atoms with Crippen molar-refractivity contribution in [2.75, 3.05) is 13.1 Å². The number of amides is 2. The number of piperidine rings is 1. The summed E-state index contributed by atoms with van der Waals surface area (Å²) >= 11 is 0. The van der Waals surface area contributed by atoms with E-state index >= 15 is 0 Å². The molecule has 2 amide bonds. The molecule has 7 nitrogen and oxygen atoms in total. The molecule has 0 radical (unpaired) electrons. The van der Waals surface area contributed by atoms with Crippen molar-refractivity contribution in [1.82, 2.24) is 19.8 Å². The van der Waals surface area contributed by atoms with E-state index in [2.05, 4.69) is 10.3 Å². The molecule has 2 heterocycles. The SMILES string of the molecule is O=C(NC1CCN(C(=O)Cn2cnc3ccccc3c2=O)CC1)C1CCCCC1. The van der Waals surface area contributed by atoms with E-state index in [1.54, 1.807) is 23.1 Å². The number of hydrogen-bond donors (Lipinski definition) is 1. The summed E-state index contributed by atoms with van der Waals surface area (Å²) in [6.45, 7) is 1.20. The quantitative estimate of drug-likeness (QED) is 0.858. The lowest BCUT2D eigenvalue weighted by Gasteiger charge is -2.33. The third-order valence-electron chi connectivity index (χ3n) is 6.21. The van der Waals surface area contributed by atoms with Crippen LogP contribution < -0.4 is 10.9 Å². The normalized spacial score (nSPS) is 18.7. The summed E-state index contributed by atoms with van der Waals surface area (Å²) in [5.41, 5.74) is 0.439. The number of likely N-dealkylation sites (tertiary alicyclic amines) is 1. The van der Waals surface area contributed by atoms with Crippen molar-refractivity contribution in [1.29, 1.82) is 0 Å². The molecular weight excluding hydrogens is 368 g/mol. The van der Waals surface area contributed by atoms with E-state index in [1.165, 1.54) is 17.3 Å². The topological polar surface area (TPSA) is 84.3 Å². The highest BCUT2D eigenvalue weighted by atomic mass is 16.2.